The number of carbonyl (C=O) groups excluding carboxylic acids is 2. The van der Waals surface area contributed by atoms with Gasteiger partial charge in [-0.15, -0.1) is 23.2 Å². The van der Waals surface area contributed by atoms with Crippen molar-refractivity contribution < 1.29 is 19.4 Å². The van der Waals surface area contributed by atoms with E-state index in [1.807, 2.05) is 0 Å². The van der Waals surface area contributed by atoms with E-state index < -0.39 is 54.7 Å². The summed E-state index contributed by atoms with van der Waals surface area (Å²) < 4.78 is 8.83. The van der Waals surface area contributed by atoms with Crippen LogP contribution in [-0.2, 0) is 23.2 Å². The highest BCUT2D eigenvalue weighted by molar-refractivity contribution is 6.66. The van der Waals surface area contributed by atoms with Gasteiger partial charge in [0, 0.05) is 31.0 Å². The Labute approximate surface area is 217 Å². The number of ether oxygens (including phenoxy) is 1. The molecule has 5 rings (SSSR count). The van der Waals surface area contributed by atoms with Crippen molar-refractivity contribution >= 4 is 58.0 Å². The number of ketones is 2. The molecule has 0 radical (unpaired) electrons. The molecular weight excluding hydrogens is 544 g/mol. The Morgan fingerprint density at radius 1 is 1.06 bits per heavy atom. The maximum absolute atomic E-state index is 13.6. The fourth-order valence-corrected chi connectivity index (χ4v) is 6.88. The number of fused-ring (bicyclic) bond motifs is 4. The predicted octanol–water partition coefficient (Wildman–Crippen LogP) is 2.53. The summed E-state index contributed by atoms with van der Waals surface area (Å²) in [6.45, 7) is 0.00631. The number of nitrogens with zero attached hydrogens (tertiary/aromatic N) is 3. The lowest BCUT2D eigenvalue weighted by atomic mass is 9.59. The van der Waals surface area contributed by atoms with Gasteiger partial charge < -0.3 is 9.84 Å². The molecule has 1 N–H and O–H groups in total. The molecule has 1 fully saturated rings. The molecule has 0 unspecified atom stereocenters. The van der Waals surface area contributed by atoms with E-state index in [4.69, 9.17) is 51.1 Å². The van der Waals surface area contributed by atoms with Gasteiger partial charge in [0.1, 0.15) is 31.3 Å². The number of Topliss-reactive ketones (excluding diaryl/α,β-unsaturated/α-hetero) is 2. The molecule has 1 aromatic heterocycles. The van der Waals surface area contributed by atoms with Gasteiger partial charge in [0.15, 0.2) is 11.6 Å². The molecule has 9 nitrogen and oxygen atoms in total. The van der Waals surface area contributed by atoms with E-state index in [1.165, 1.54) is 41.7 Å². The summed E-state index contributed by atoms with van der Waals surface area (Å²) in [4.78, 5) is 48.5. The maximum atomic E-state index is 13.6. The molecule has 0 amide bonds. The Kier molecular flexibility index (Phi) is 5.38. The number of hydrogen-bond donors (Lipinski definition) is 1. The van der Waals surface area contributed by atoms with Crippen LogP contribution in [0.4, 0.5) is 0 Å². The summed E-state index contributed by atoms with van der Waals surface area (Å²) in [5.41, 5.74) is -0.387. The third kappa shape index (κ3) is 2.89. The Morgan fingerprint density at radius 2 is 1.71 bits per heavy atom. The highest BCUT2D eigenvalue weighted by Gasteiger charge is 2.71. The molecule has 4 atom stereocenters. The van der Waals surface area contributed by atoms with Crippen molar-refractivity contribution in [1.29, 1.82) is 0 Å². The SMILES string of the molecule is COc1cc(O)ccc1[C@H]1C2=CCn3c(=O)n(C)c(=O)n3[C@@H]2C[C@@]2(Cl)C(=O)C(Cl)=C(Cl)C(=O)[C@@]12Cl. The first-order valence-electron chi connectivity index (χ1n) is 10.4. The topological polar surface area (TPSA) is 113 Å². The fourth-order valence-electron chi connectivity index (χ4n) is 5.36. The molecule has 1 aromatic carbocycles. The summed E-state index contributed by atoms with van der Waals surface area (Å²) in [6, 6.07) is 3.26. The highest BCUT2D eigenvalue weighted by Crippen LogP contribution is 2.64. The summed E-state index contributed by atoms with van der Waals surface area (Å²) >= 11 is 26.4. The van der Waals surface area contributed by atoms with Crippen molar-refractivity contribution in [2.75, 3.05) is 7.11 Å². The summed E-state index contributed by atoms with van der Waals surface area (Å²) in [7, 11) is 2.70. The lowest BCUT2D eigenvalue weighted by Crippen LogP contribution is -2.67. The van der Waals surface area contributed by atoms with Crippen molar-refractivity contribution in [3.05, 3.63) is 66.4 Å². The van der Waals surface area contributed by atoms with E-state index in [2.05, 4.69) is 0 Å². The van der Waals surface area contributed by atoms with Gasteiger partial charge in [-0.3, -0.25) is 9.59 Å². The number of alkyl halides is 2. The number of aromatic hydroxyl groups is 1. The smallest absolute Gasteiger partial charge is 0.347 e. The average Bonchev–Trinajstić information content (AvgIpc) is 3.06. The van der Waals surface area contributed by atoms with Crippen LogP contribution in [0.3, 0.4) is 0 Å². The number of aromatic nitrogens is 3. The van der Waals surface area contributed by atoms with Crippen molar-refractivity contribution in [1.82, 2.24) is 13.9 Å². The van der Waals surface area contributed by atoms with Crippen molar-refractivity contribution in [2.24, 2.45) is 7.05 Å². The van der Waals surface area contributed by atoms with Crippen molar-refractivity contribution in [3.8, 4) is 11.5 Å². The lowest BCUT2D eigenvalue weighted by Gasteiger charge is -2.54. The molecule has 13 heteroatoms. The molecule has 1 saturated carbocycles. The number of hydrogen-bond acceptors (Lipinski definition) is 6. The molecule has 2 aromatic rings. The van der Waals surface area contributed by atoms with Crippen molar-refractivity contribution in [2.45, 2.75) is 34.7 Å². The van der Waals surface area contributed by atoms with Gasteiger partial charge in [-0.05, 0) is 11.6 Å². The first-order chi connectivity index (χ1) is 16.4. The number of allylic oxidation sites excluding steroid dienone is 4. The monoisotopic (exact) mass is 559 g/mol. The molecule has 0 bridgehead atoms. The first-order valence-corrected chi connectivity index (χ1v) is 11.9. The summed E-state index contributed by atoms with van der Waals surface area (Å²) in [5.74, 6) is -2.82. The van der Waals surface area contributed by atoms with Crippen LogP contribution < -0.4 is 16.1 Å². The zero-order valence-electron chi connectivity index (χ0n) is 18.2. The van der Waals surface area contributed by atoms with Gasteiger partial charge in [0.05, 0.1) is 19.7 Å². The van der Waals surface area contributed by atoms with Gasteiger partial charge in [-0.1, -0.05) is 35.3 Å². The molecule has 2 aliphatic carbocycles. The predicted molar refractivity (Wildman–Crippen MR) is 129 cm³/mol. The van der Waals surface area contributed by atoms with Crippen LogP contribution in [0.15, 0.2) is 49.5 Å². The van der Waals surface area contributed by atoms with Crippen LogP contribution in [0.25, 0.3) is 0 Å². The number of phenols is 1. The van der Waals surface area contributed by atoms with Crippen molar-refractivity contribution in [3.63, 3.8) is 0 Å². The highest BCUT2D eigenvalue weighted by atomic mass is 35.5. The average molecular weight is 561 g/mol. The molecule has 184 valence electrons. The molecule has 0 saturated heterocycles. The van der Waals surface area contributed by atoms with E-state index in [1.54, 1.807) is 6.08 Å². The number of phenolic OH excluding ortho intramolecular Hbond substituents is 1. The van der Waals surface area contributed by atoms with Crippen LogP contribution in [0.1, 0.15) is 23.9 Å². The van der Waals surface area contributed by atoms with Crippen LogP contribution in [0.5, 0.6) is 11.5 Å². The number of carbonyl (C=O) groups is 2. The van der Waals surface area contributed by atoms with Crippen LogP contribution in [-0.4, -0.2) is 47.5 Å². The minimum Gasteiger partial charge on any atom is -0.508 e. The molecule has 2 heterocycles. The normalized spacial score (nSPS) is 29.9. The van der Waals surface area contributed by atoms with Gasteiger partial charge in [0.2, 0.25) is 0 Å². The van der Waals surface area contributed by atoms with Gasteiger partial charge in [-0.2, -0.15) is 0 Å². The Bertz CT molecular complexity index is 1520. The van der Waals surface area contributed by atoms with E-state index in [0.29, 0.717) is 11.1 Å². The van der Waals surface area contributed by atoms with Crippen LogP contribution >= 0.6 is 46.4 Å². The van der Waals surface area contributed by atoms with Gasteiger partial charge >= 0.3 is 11.4 Å². The standard InChI is InChI=1S/C22H17Cl4N3O6/c1-27-19(33)28-6-5-10-12(29(28)20(27)34)8-21(25)17(31)15(23)16(24)18(32)22(21,26)14(10)11-4-3-9(30)7-13(11)35-2/h3-5,7,12,14,30H,6,8H2,1-2H3/t12-,14-,21-,22+/m1/s1. The quantitative estimate of drug-likeness (QED) is 0.446. The zero-order chi connectivity index (χ0) is 25.6. The third-order valence-electron chi connectivity index (χ3n) is 7.02. The molecule has 1 aliphatic heterocycles. The zero-order valence-corrected chi connectivity index (χ0v) is 21.2. The lowest BCUT2D eigenvalue weighted by molar-refractivity contribution is -0.128. The van der Waals surface area contributed by atoms with E-state index in [0.717, 1.165) is 4.57 Å². The Morgan fingerprint density at radius 3 is 2.37 bits per heavy atom. The fraction of sp³-hybridized carbons (Fsp3) is 0.364. The molecule has 3 aliphatic rings. The Balaban J connectivity index is 1.88. The second-order valence-electron chi connectivity index (χ2n) is 8.63. The van der Waals surface area contributed by atoms with E-state index >= 15 is 0 Å². The molecular formula is C22H17Cl4N3O6. The second kappa shape index (κ2) is 7.77. The summed E-state index contributed by atoms with van der Waals surface area (Å²) in [5, 5.41) is 8.91. The number of methoxy groups -OCH3 is 1. The number of benzene rings is 1. The van der Waals surface area contributed by atoms with Crippen LogP contribution in [0, 0.1) is 0 Å². The molecule has 35 heavy (non-hydrogen) atoms. The summed E-state index contributed by atoms with van der Waals surface area (Å²) in [6.07, 6.45) is 1.36. The first kappa shape index (κ1) is 24.2. The Hall–Kier alpha value is -2.46. The number of rotatable bonds is 2. The second-order valence-corrected chi connectivity index (χ2v) is 10.6. The van der Waals surface area contributed by atoms with Crippen LogP contribution in [0.2, 0.25) is 0 Å². The number of halogens is 4. The van der Waals surface area contributed by atoms with E-state index in [9.17, 15) is 24.3 Å². The van der Waals surface area contributed by atoms with Gasteiger partial charge in [0.25, 0.3) is 0 Å². The largest absolute Gasteiger partial charge is 0.508 e. The minimum atomic E-state index is -2.16. The van der Waals surface area contributed by atoms with E-state index in [-0.39, 0.29) is 24.5 Å². The molecule has 0 spiro atoms. The minimum absolute atomic E-state index is 0.00631. The third-order valence-corrected chi connectivity index (χ3v) is 9.27. The maximum Gasteiger partial charge on any atom is 0.347 e. The van der Waals surface area contributed by atoms with Gasteiger partial charge in [-0.25, -0.2) is 23.5 Å².